The quantitative estimate of drug-likeness (QED) is 0.465. The largest absolute Gasteiger partial charge is 0.464 e. The van der Waals surface area contributed by atoms with Crippen LogP contribution in [0.1, 0.15) is 26.7 Å². The molecule has 0 spiro atoms. The van der Waals surface area contributed by atoms with Crippen LogP contribution in [0, 0.1) is 5.92 Å². The zero-order valence-corrected chi connectivity index (χ0v) is 8.32. The molecule has 0 aromatic rings. The summed E-state index contributed by atoms with van der Waals surface area (Å²) >= 11 is 0. The summed E-state index contributed by atoms with van der Waals surface area (Å²) in [4.78, 5) is 11.2. The van der Waals surface area contributed by atoms with Crippen LogP contribution >= 0.6 is 0 Å². The molecule has 0 aromatic carbocycles. The molecule has 0 fully saturated rings. The number of hydrogen-bond donors (Lipinski definition) is 2. The van der Waals surface area contributed by atoms with Crippen LogP contribution in [0.15, 0.2) is 0 Å². The van der Waals surface area contributed by atoms with Gasteiger partial charge in [0.2, 0.25) is 0 Å². The van der Waals surface area contributed by atoms with Crippen LogP contribution in [0.25, 0.3) is 0 Å². The Morgan fingerprint density at radius 3 is 2.69 bits per heavy atom. The number of carbonyl (C=O) groups is 1. The summed E-state index contributed by atoms with van der Waals surface area (Å²) in [5.41, 5.74) is 5.62. The van der Waals surface area contributed by atoms with Gasteiger partial charge in [-0.05, 0) is 5.92 Å². The minimum Gasteiger partial charge on any atom is -0.464 e. The Morgan fingerprint density at radius 2 is 2.23 bits per heavy atom. The summed E-state index contributed by atoms with van der Waals surface area (Å²) in [6.45, 7) is 4.18. The Kier molecular flexibility index (Phi) is 6.54. The van der Waals surface area contributed by atoms with Crippen LogP contribution in [-0.2, 0) is 9.53 Å². The molecule has 0 aromatic heterocycles. The molecule has 0 amide bonds. The van der Waals surface area contributed by atoms with Gasteiger partial charge in [-0.25, -0.2) is 0 Å². The average molecular weight is 189 g/mol. The molecule has 0 saturated carbocycles. The van der Waals surface area contributed by atoms with Crippen molar-refractivity contribution in [2.24, 2.45) is 11.7 Å². The number of carbonyl (C=O) groups excluding carboxylic acids is 1. The van der Waals surface area contributed by atoms with E-state index in [9.17, 15) is 4.79 Å². The molecular weight excluding hydrogens is 170 g/mol. The predicted molar refractivity (Wildman–Crippen MR) is 50.1 cm³/mol. The van der Waals surface area contributed by atoms with Gasteiger partial charge in [-0.2, -0.15) is 0 Å². The van der Waals surface area contributed by atoms with Crippen LogP contribution in [-0.4, -0.2) is 30.3 Å². The first-order valence-corrected chi connectivity index (χ1v) is 4.66. The smallest absolute Gasteiger partial charge is 0.323 e. The zero-order valence-electron chi connectivity index (χ0n) is 8.32. The van der Waals surface area contributed by atoms with Crippen LogP contribution in [0.5, 0.6) is 0 Å². The first kappa shape index (κ1) is 12.4. The van der Waals surface area contributed by atoms with Crippen LogP contribution in [0.3, 0.4) is 0 Å². The Morgan fingerprint density at radius 1 is 1.62 bits per heavy atom. The summed E-state index contributed by atoms with van der Waals surface area (Å²) in [5, 5.41) is 8.45. The molecule has 0 heterocycles. The molecule has 0 bridgehead atoms. The van der Waals surface area contributed by atoms with Crippen molar-refractivity contribution in [1.82, 2.24) is 0 Å². The monoisotopic (exact) mass is 189 g/mol. The minimum absolute atomic E-state index is 0.0336. The molecule has 0 unspecified atom stereocenters. The van der Waals surface area contributed by atoms with Crippen molar-refractivity contribution in [3.05, 3.63) is 0 Å². The summed E-state index contributed by atoms with van der Waals surface area (Å²) in [6, 6.07) is -0.538. The fraction of sp³-hybridized carbons (Fsp3) is 0.889. The highest BCUT2D eigenvalue weighted by molar-refractivity contribution is 5.75. The lowest BCUT2D eigenvalue weighted by molar-refractivity contribution is -0.146. The third-order valence-electron chi connectivity index (χ3n) is 2.08. The third kappa shape index (κ3) is 4.85. The van der Waals surface area contributed by atoms with Gasteiger partial charge in [0.05, 0.1) is 6.61 Å². The van der Waals surface area contributed by atoms with Crippen molar-refractivity contribution in [3.63, 3.8) is 0 Å². The first-order chi connectivity index (χ1) is 6.13. The SMILES string of the molecule is CC[C@H](C)[C@H](N)C(=O)OCCCO. The summed E-state index contributed by atoms with van der Waals surface area (Å²) in [7, 11) is 0. The minimum atomic E-state index is -0.538. The van der Waals surface area contributed by atoms with E-state index in [1.807, 2.05) is 13.8 Å². The number of hydrogen-bond acceptors (Lipinski definition) is 4. The maximum absolute atomic E-state index is 11.2. The van der Waals surface area contributed by atoms with E-state index in [0.29, 0.717) is 6.42 Å². The Balaban J connectivity index is 3.69. The van der Waals surface area contributed by atoms with E-state index < -0.39 is 6.04 Å². The molecule has 0 aliphatic carbocycles. The predicted octanol–water partition coefficient (Wildman–Crippen LogP) is 0.285. The summed E-state index contributed by atoms with van der Waals surface area (Å²) in [5.74, 6) is -0.232. The van der Waals surface area contributed by atoms with Crippen molar-refractivity contribution in [2.75, 3.05) is 13.2 Å². The lowest BCUT2D eigenvalue weighted by atomic mass is 10.0. The van der Waals surface area contributed by atoms with E-state index in [1.54, 1.807) is 0 Å². The van der Waals surface area contributed by atoms with Gasteiger partial charge >= 0.3 is 5.97 Å². The molecule has 4 heteroatoms. The van der Waals surface area contributed by atoms with Crippen molar-refractivity contribution in [2.45, 2.75) is 32.7 Å². The van der Waals surface area contributed by atoms with Crippen LogP contribution in [0.2, 0.25) is 0 Å². The number of ether oxygens (including phenoxy) is 1. The standard InChI is InChI=1S/C9H19NO3/c1-3-7(2)8(10)9(12)13-6-4-5-11/h7-8,11H,3-6,10H2,1-2H3/t7-,8-/m0/s1. The molecular formula is C9H19NO3. The van der Waals surface area contributed by atoms with Gasteiger partial charge in [0.15, 0.2) is 0 Å². The molecule has 0 saturated heterocycles. The molecule has 0 radical (unpaired) electrons. The van der Waals surface area contributed by atoms with Gasteiger partial charge in [-0.15, -0.1) is 0 Å². The van der Waals surface area contributed by atoms with E-state index in [-0.39, 0.29) is 25.1 Å². The molecule has 13 heavy (non-hydrogen) atoms. The molecule has 78 valence electrons. The second-order valence-corrected chi connectivity index (χ2v) is 3.16. The van der Waals surface area contributed by atoms with Gasteiger partial charge in [0, 0.05) is 13.0 Å². The summed E-state index contributed by atoms with van der Waals surface area (Å²) in [6.07, 6.45) is 1.33. The number of nitrogens with two attached hydrogens (primary N) is 1. The van der Waals surface area contributed by atoms with E-state index >= 15 is 0 Å². The normalized spacial score (nSPS) is 15.1. The van der Waals surface area contributed by atoms with Gasteiger partial charge < -0.3 is 15.6 Å². The molecule has 0 rings (SSSR count). The highest BCUT2D eigenvalue weighted by Gasteiger charge is 2.20. The number of rotatable bonds is 6. The second-order valence-electron chi connectivity index (χ2n) is 3.16. The average Bonchev–Trinajstić information content (AvgIpc) is 2.15. The van der Waals surface area contributed by atoms with Crippen molar-refractivity contribution in [1.29, 1.82) is 0 Å². The summed E-state index contributed by atoms with van der Waals surface area (Å²) < 4.78 is 4.84. The highest BCUT2D eigenvalue weighted by atomic mass is 16.5. The van der Waals surface area contributed by atoms with E-state index in [0.717, 1.165) is 6.42 Å². The Labute approximate surface area is 79.1 Å². The maximum Gasteiger partial charge on any atom is 0.323 e. The van der Waals surface area contributed by atoms with E-state index in [1.165, 1.54) is 0 Å². The number of aliphatic hydroxyl groups is 1. The van der Waals surface area contributed by atoms with E-state index in [2.05, 4.69) is 0 Å². The lowest BCUT2D eigenvalue weighted by Gasteiger charge is -2.16. The van der Waals surface area contributed by atoms with Gasteiger partial charge in [-0.1, -0.05) is 20.3 Å². The maximum atomic E-state index is 11.2. The zero-order chi connectivity index (χ0) is 10.3. The van der Waals surface area contributed by atoms with Crippen molar-refractivity contribution in [3.8, 4) is 0 Å². The van der Waals surface area contributed by atoms with Crippen LogP contribution in [0.4, 0.5) is 0 Å². The van der Waals surface area contributed by atoms with Gasteiger partial charge in [0.1, 0.15) is 6.04 Å². The Bertz CT molecular complexity index is 150. The number of esters is 1. The highest BCUT2D eigenvalue weighted by Crippen LogP contribution is 2.06. The van der Waals surface area contributed by atoms with Crippen molar-refractivity contribution >= 4 is 5.97 Å². The molecule has 4 nitrogen and oxygen atoms in total. The van der Waals surface area contributed by atoms with Crippen molar-refractivity contribution < 1.29 is 14.6 Å². The Hall–Kier alpha value is -0.610. The molecule has 2 atom stereocenters. The van der Waals surface area contributed by atoms with Gasteiger partial charge in [0.25, 0.3) is 0 Å². The van der Waals surface area contributed by atoms with Gasteiger partial charge in [-0.3, -0.25) is 4.79 Å². The van der Waals surface area contributed by atoms with Crippen LogP contribution < -0.4 is 5.73 Å². The molecule has 3 N–H and O–H groups in total. The number of aliphatic hydroxyl groups excluding tert-OH is 1. The fourth-order valence-corrected chi connectivity index (χ4v) is 0.820. The lowest BCUT2D eigenvalue weighted by Crippen LogP contribution is -2.38. The first-order valence-electron chi connectivity index (χ1n) is 4.66. The molecule has 0 aliphatic heterocycles. The third-order valence-corrected chi connectivity index (χ3v) is 2.08. The molecule has 0 aliphatic rings. The van der Waals surface area contributed by atoms with E-state index in [4.69, 9.17) is 15.6 Å². The fourth-order valence-electron chi connectivity index (χ4n) is 0.820. The second kappa shape index (κ2) is 6.86. The topological polar surface area (TPSA) is 72.6 Å².